The number of anilines is 2. The van der Waals surface area contributed by atoms with E-state index in [-0.39, 0.29) is 12.3 Å². The number of nitriles is 1. The maximum atomic E-state index is 12.9. The first-order valence-corrected chi connectivity index (χ1v) is 8.85. The van der Waals surface area contributed by atoms with Crippen molar-refractivity contribution in [2.24, 2.45) is 0 Å². The van der Waals surface area contributed by atoms with Crippen LogP contribution >= 0.6 is 0 Å². The molecule has 138 valence electrons. The number of para-hydroxylation sites is 2. The predicted octanol–water partition coefficient (Wildman–Crippen LogP) is 4.12. The van der Waals surface area contributed by atoms with Crippen LogP contribution in [0.2, 0.25) is 0 Å². The van der Waals surface area contributed by atoms with E-state index in [1.807, 2.05) is 66.7 Å². The molecule has 3 aromatic carbocycles. The van der Waals surface area contributed by atoms with Crippen molar-refractivity contribution in [1.82, 2.24) is 0 Å². The molecule has 1 N–H and O–H groups in total. The SMILES string of the molecule is N#Cc1ccccc1NC(=O)CC(=O)N(Cc1ccccc1)c1ccccc1. The van der Waals surface area contributed by atoms with Gasteiger partial charge in [0.1, 0.15) is 12.5 Å². The molecule has 0 aliphatic carbocycles. The second-order valence-corrected chi connectivity index (χ2v) is 6.18. The molecule has 0 spiro atoms. The number of benzene rings is 3. The molecule has 0 fully saturated rings. The topological polar surface area (TPSA) is 73.2 Å². The monoisotopic (exact) mass is 369 g/mol. The largest absolute Gasteiger partial charge is 0.324 e. The van der Waals surface area contributed by atoms with Crippen LogP contribution in [-0.2, 0) is 16.1 Å². The molecule has 0 aliphatic rings. The molecule has 0 unspecified atom stereocenters. The zero-order valence-corrected chi connectivity index (χ0v) is 15.2. The summed E-state index contributed by atoms with van der Waals surface area (Å²) >= 11 is 0. The molecule has 0 aromatic heterocycles. The van der Waals surface area contributed by atoms with Gasteiger partial charge >= 0.3 is 0 Å². The number of rotatable bonds is 6. The van der Waals surface area contributed by atoms with Crippen molar-refractivity contribution >= 4 is 23.2 Å². The van der Waals surface area contributed by atoms with Crippen LogP contribution in [-0.4, -0.2) is 11.8 Å². The van der Waals surface area contributed by atoms with Crippen LogP contribution in [0.4, 0.5) is 11.4 Å². The Bertz CT molecular complexity index is 995. The number of hydrogen-bond donors (Lipinski definition) is 1. The van der Waals surface area contributed by atoms with Gasteiger partial charge in [0.2, 0.25) is 11.8 Å². The van der Waals surface area contributed by atoms with Crippen LogP contribution in [0.5, 0.6) is 0 Å². The number of hydrogen-bond acceptors (Lipinski definition) is 3. The minimum atomic E-state index is -0.457. The molecule has 0 saturated heterocycles. The Balaban J connectivity index is 1.75. The summed E-state index contributed by atoms with van der Waals surface area (Å²) in [5, 5.41) is 11.8. The molecule has 0 heterocycles. The summed E-state index contributed by atoms with van der Waals surface area (Å²) in [4.78, 5) is 26.9. The molecule has 5 nitrogen and oxygen atoms in total. The highest BCUT2D eigenvalue weighted by molar-refractivity contribution is 6.09. The van der Waals surface area contributed by atoms with Crippen molar-refractivity contribution in [3.05, 3.63) is 96.1 Å². The maximum absolute atomic E-state index is 12.9. The van der Waals surface area contributed by atoms with Gasteiger partial charge in [0.15, 0.2) is 0 Å². The molecule has 0 saturated carbocycles. The van der Waals surface area contributed by atoms with Gasteiger partial charge in [0.05, 0.1) is 17.8 Å². The second-order valence-electron chi connectivity index (χ2n) is 6.18. The van der Waals surface area contributed by atoms with Gasteiger partial charge in [0, 0.05) is 5.69 Å². The highest BCUT2D eigenvalue weighted by Crippen LogP contribution is 2.19. The number of carbonyl (C=O) groups excluding carboxylic acids is 2. The molecular formula is C23H19N3O2. The Labute approximate surface area is 163 Å². The summed E-state index contributed by atoms with van der Waals surface area (Å²) < 4.78 is 0. The third-order valence-corrected chi connectivity index (χ3v) is 4.19. The molecular weight excluding hydrogens is 350 g/mol. The standard InChI is InChI=1S/C23H19N3O2/c24-16-19-11-7-8-14-21(19)25-22(27)15-23(28)26(20-12-5-2-6-13-20)17-18-9-3-1-4-10-18/h1-14H,15,17H2,(H,25,27). The van der Waals surface area contributed by atoms with E-state index in [1.54, 1.807) is 29.2 Å². The summed E-state index contributed by atoms with van der Waals surface area (Å²) in [6, 6.07) is 27.6. The first-order chi connectivity index (χ1) is 13.7. The Morgan fingerprint density at radius 3 is 2.14 bits per heavy atom. The molecule has 0 atom stereocenters. The quantitative estimate of drug-likeness (QED) is 0.664. The lowest BCUT2D eigenvalue weighted by Gasteiger charge is -2.23. The minimum Gasteiger partial charge on any atom is -0.324 e. The van der Waals surface area contributed by atoms with E-state index in [0.717, 1.165) is 11.3 Å². The van der Waals surface area contributed by atoms with Gasteiger partial charge in [-0.1, -0.05) is 60.7 Å². The normalized spacial score (nSPS) is 9.96. The Morgan fingerprint density at radius 2 is 1.46 bits per heavy atom. The molecule has 0 bridgehead atoms. The van der Waals surface area contributed by atoms with E-state index in [2.05, 4.69) is 5.32 Å². The first-order valence-electron chi connectivity index (χ1n) is 8.85. The summed E-state index contributed by atoms with van der Waals surface area (Å²) in [6.45, 7) is 0.367. The number of nitrogens with one attached hydrogen (secondary N) is 1. The fraction of sp³-hybridized carbons (Fsp3) is 0.0870. The molecule has 0 aliphatic heterocycles. The van der Waals surface area contributed by atoms with E-state index in [1.165, 1.54) is 0 Å². The number of amides is 2. The lowest BCUT2D eigenvalue weighted by molar-refractivity contribution is -0.125. The van der Waals surface area contributed by atoms with E-state index < -0.39 is 5.91 Å². The maximum Gasteiger partial charge on any atom is 0.236 e. The van der Waals surface area contributed by atoms with Crippen LogP contribution < -0.4 is 10.2 Å². The third-order valence-electron chi connectivity index (χ3n) is 4.19. The zero-order valence-electron chi connectivity index (χ0n) is 15.2. The molecule has 2 amide bonds. The van der Waals surface area contributed by atoms with Crippen LogP contribution in [0, 0.1) is 11.3 Å². The molecule has 28 heavy (non-hydrogen) atoms. The Hall–Kier alpha value is -3.91. The van der Waals surface area contributed by atoms with E-state index in [4.69, 9.17) is 5.26 Å². The highest BCUT2D eigenvalue weighted by atomic mass is 16.2. The first kappa shape index (κ1) is 18.9. The predicted molar refractivity (Wildman–Crippen MR) is 108 cm³/mol. The third kappa shape index (κ3) is 4.83. The van der Waals surface area contributed by atoms with Gasteiger partial charge < -0.3 is 10.2 Å². The van der Waals surface area contributed by atoms with Gasteiger partial charge in [-0.15, -0.1) is 0 Å². The van der Waals surface area contributed by atoms with Crippen molar-refractivity contribution in [2.45, 2.75) is 13.0 Å². The number of nitrogens with zero attached hydrogens (tertiary/aromatic N) is 2. The van der Waals surface area contributed by atoms with Crippen molar-refractivity contribution < 1.29 is 9.59 Å². The van der Waals surface area contributed by atoms with Gasteiger partial charge in [-0.05, 0) is 29.8 Å². The van der Waals surface area contributed by atoms with Crippen LogP contribution in [0.1, 0.15) is 17.5 Å². The average molecular weight is 369 g/mol. The zero-order chi connectivity index (χ0) is 19.8. The summed E-state index contributed by atoms with van der Waals surface area (Å²) in [5.74, 6) is -0.774. The van der Waals surface area contributed by atoms with Gasteiger partial charge in [-0.25, -0.2) is 0 Å². The summed E-state index contributed by atoms with van der Waals surface area (Å²) in [7, 11) is 0. The summed E-state index contributed by atoms with van der Waals surface area (Å²) in [6.07, 6.45) is -0.318. The van der Waals surface area contributed by atoms with E-state index in [0.29, 0.717) is 17.8 Å². The number of carbonyl (C=O) groups is 2. The molecule has 3 rings (SSSR count). The van der Waals surface area contributed by atoms with Crippen LogP contribution in [0.15, 0.2) is 84.9 Å². The summed E-state index contributed by atoms with van der Waals surface area (Å²) in [5.41, 5.74) is 2.45. The van der Waals surface area contributed by atoms with Crippen LogP contribution in [0.25, 0.3) is 0 Å². The van der Waals surface area contributed by atoms with Crippen molar-refractivity contribution in [3.63, 3.8) is 0 Å². The molecule has 0 radical (unpaired) electrons. The minimum absolute atomic E-state index is 0.318. The van der Waals surface area contributed by atoms with Gasteiger partial charge in [-0.2, -0.15) is 5.26 Å². The van der Waals surface area contributed by atoms with Gasteiger partial charge in [-0.3, -0.25) is 9.59 Å². The smallest absolute Gasteiger partial charge is 0.236 e. The highest BCUT2D eigenvalue weighted by Gasteiger charge is 2.20. The van der Waals surface area contributed by atoms with Crippen molar-refractivity contribution in [3.8, 4) is 6.07 Å². The Morgan fingerprint density at radius 1 is 0.857 bits per heavy atom. The average Bonchev–Trinajstić information content (AvgIpc) is 2.73. The molecule has 3 aromatic rings. The lowest BCUT2D eigenvalue weighted by Crippen LogP contribution is -2.33. The van der Waals surface area contributed by atoms with E-state index in [9.17, 15) is 9.59 Å². The fourth-order valence-electron chi connectivity index (χ4n) is 2.81. The van der Waals surface area contributed by atoms with Crippen LogP contribution in [0.3, 0.4) is 0 Å². The van der Waals surface area contributed by atoms with Crippen molar-refractivity contribution in [2.75, 3.05) is 10.2 Å². The van der Waals surface area contributed by atoms with Gasteiger partial charge in [0.25, 0.3) is 0 Å². The Kier molecular flexibility index (Phi) is 6.17. The lowest BCUT2D eigenvalue weighted by atomic mass is 10.1. The van der Waals surface area contributed by atoms with Crippen molar-refractivity contribution in [1.29, 1.82) is 5.26 Å². The van der Waals surface area contributed by atoms with E-state index >= 15 is 0 Å². The molecule has 5 heteroatoms. The fourth-order valence-corrected chi connectivity index (χ4v) is 2.81. The second kappa shape index (κ2) is 9.15.